The van der Waals surface area contributed by atoms with Crippen molar-refractivity contribution in [3.05, 3.63) is 17.5 Å². The van der Waals surface area contributed by atoms with Crippen molar-refractivity contribution in [2.24, 2.45) is 7.05 Å². The lowest BCUT2D eigenvalue weighted by Crippen LogP contribution is -2.32. The van der Waals surface area contributed by atoms with Gasteiger partial charge in [0, 0.05) is 20.1 Å². The molecule has 0 aliphatic carbocycles. The zero-order chi connectivity index (χ0) is 12.1. The molecule has 16 heavy (non-hydrogen) atoms. The number of aryl methyl sites for hydroxylation is 2. The molecular weight excluding hydrogens is 216 g/mol. The molecule has 1 heterocycles. The van der Waals surface area contributed by atoms with Gasteiger partial charge in [0.2, 0.25) is 0 Å². The van der Waals surface area contributed by atoms with Gasteiger partial charge >= 0.3 is 0 Å². The number of aromatic nitrogens is 2. The van der Waals surface area contributed by atoms with Gasteiger partial charge in [-0.05, 0) is 12.5 Å². The van der Waals surface area contributed by atoms with E-state index in [-0.39, 0.29) is 6.54 Å². The zero-order valence-electron chi connectivity index (χ0n) is 9.45. The molecule has 6 heteroatoms. The van der Waals surface area contributed by atoms with Gasteiger partial charge in [0.05, 0.1) is 11.4 Å². The summed E-state index contributed by atoms with van der Waals surface area (Å²) in [5.74, 6) is 0. The molecule has 2 N–H and O–H groups in total. The van der Waals surface area contributed by atoms with Crippen molar-refractivity contribution in [3.63, 3.8) is 0 Å². The Labute approximate surface area is 93.3 Å². The Balaban J connectivity index is 2.39. The Morgan fingerprint density at radius 2 is 2.25 bits per heavy atom. The van der Waals surface area contributed by atoms with E-state index in [4.69, 9.17) is 5.11 Å². The molecule has 1 aromatic heterocycles. The van der Waals surface area contributed by atoms with E-state index < -0.39 is 12.5 Å². The quantitative estimate of drug-likeness (QED) is 0.760. The van der Waals surface area contributed by atoms with Crippen LogP contribution in [-0.2, 0) is 20.0 Å². The topological polar surface area (TPSA) is 50.1 Å². The predicted octanol–water partition coefficient (Wildman–Crippen LogP) is 0.698. The third-order valence-corrected chi connectivity index (χ3v) is 2.34. The number of nitrogens with zero attached hydrogens (tertiary/aromatic N) is 2. The molecule has 1 aromatic rings. The number of rotatable bonds is 6. The highest BCUT2D eigenvalue weighted by Crippen LogP contribution is 2.04. The number of halogens is 2. The molecular formula is C10H17F2N3O. The molecule has 0 saturated heterocycles. The Bertz CT molecular complexity index is 328. The van der Waals surface area contributed by atoms with Gasteiger partial charge in [-0.1, -0.05) is 6.92 Å². The smallest absolute Gasteiger partial charge is 0.265 e. The van der Waals surface area contributed by atoms with Crippen LogP contribution in [0.15, 0.2) is 6.07 Å². The highest BCUT2D eigenvalue weighted by atomic mass is 19.3. The van der Waals surface area contributed by atoms with Crippen molar-refractivity contribution in [2.45, 2.75) is 32.4 Å². The fraction of sp³-hybridized carbons (Fsp3) is 0.700. The highest BCUT2D eigenvalue weighted by molar-refractivity contribution is 5.09. The molecule has 92 valence electrons. The first-order valence-corrected chi connectivity index (χ1v) is 5.23. The lowest BCUT2D eigenvalue weighted by Gasteiger charge is -2.10. The Morgan fingerprint density at radius 3 is 2.75 bits per heavy atom. The molecule has 0 aromatic carbocycles. The van der Waals surface area contributed by atoms with Crippen molar-refractivity contribution >= 4 is 0 Å². The molecule has 0 bridgehead atoms. The van der Waals surface area contributed by atoms with Gasteiger partial charge < -0.3 is 10.4 Å². The molecule has 0 fully saturated rings. The average molecular weight is 233 g/mol. The van der Waals surface area contributed by atoms with Gasteiger partial charge in [-0.2, -0.15) is 5.10 Å². The molecule has 1 atom stereocenters. The standard InChI is InChI=1S/C10H17F2N3O/c1-3-7-4-8(15(2)14-7)5-13-6-9(16)10(11)12/h4,9-10,13,16H,3,5-6H2,1-2H3. The lowest BCUT2D eigenvalue weighted by molar-refractivity contribution is -0.00347. The van der Waals surface area contributed by atoms with Crippen LogP contribution >= 0.6 is 0 Å². The third kappa shape index (κ3) is 3.53. The van der Waals surface area contributed by atoms with Crippen LogP contribution < -0.4 is 5.32 Å². The minimum absolute atomic E-state index is 0.121. The normalized spacial score (nSPS) is 13.4. The Hall–Kier alpha value is -1.01. The predicted molar refractivity (Wildman–Crippen MR) is 56.3 cm³/mol. The number of alkyl halides is 2. The number of aliphatic hydroxyl groups is 1. The summed E-state index contributed by atoms with van der Waals surface area (Å²) in [4.78, 5) is 0. The van der Waals surface area contributed by atoms with Crippen molar-refractivity contribution < 1.29 is 13.9 Å². The van der Waals surface area contributed by atoms with Crippen LogP contribution in [0.5, 0.6) is 0 Å². The maximum atomic E-state index is 12.0. The van der Waals surface area contributed by atoms with Crippen molar-refractivity contribution in [3.8, 4) is 0 Å². The van der Waals surface area contributed by atoms with Crippen LogP contribution in [0.2, 0.25) is 0 Å². The van der Waals surface area contributed by atoms with E-state index in [9.17, 15) is 8.78 Å². The molecule has 0 amide bonds. The Kier molecular flexibility index (Phi) is 4.82. The molecule has 0 saturated carbocycles. The molecule has 0 spiro atoms. The van der Waals surface area contributed by atoms with Crippen LogP contribution in [0.1, 0.15) is 18.3 Å². The summed E-state index contributed by atoms with van der Waals surface area (Å²) >= 11 is 0. The summed E-state index contributed by atoms with van der Waals surface area (Å²) in [5, 5.41) is 15.9. The summed E-state index contributed by atoms with van der Waals surface area (Å²) in [6.45, 7) is 2.30. The van der Waals surface area contributed by atoms with E-state index in [2.05, 4.69) is 10.4 Å². The molecule has 1 rings (SSSR count). The second kappa shape index (κ2) is 5.91. The largest absolute Gasteiger partial charge is 0.386 e. The minimum Gasteiger partial charge on any atom is -0.386 e. The van der Waals surface area contributed by atoms with Crippen molar-refractivity contribution in [1.82, 2.24) is 15.1 Å². The van der Waals surface area contributed by atoms with Crippen molar-refractivity contribution in [1.29, 1.82) is 0 Å². The molecule has 4 nitrogen and oxygen atoms in total. The number of nitrogens with one attached hydrogen (secondary N) is 1. The number of aliphatic hydroxyl groups excluding tert-OH is 1. The average Bonchev–Trinajstić information content (AvgIpc) is 2.59. The fourth-order valence-corrected chi connectivity index (χ4v) is 1.35. The van der Waals surface area contributed by atoms with E-state index in [1.54, 1.807) is 11.7 Å². The van der Waals surface area contributed by atoms with Crippen LogP contribution in [0.25, 0.3) is 0 Å². The maximum absolute atomic E-state index is 12.0. The van der Waals surface area contributed by atoms with E-state index in [0.717, 1.165) is 17.8 Å². The van der Waals surface area contributed by atoms with E-state index in [1.165, 1.54) is 0 Å². The second-order valence-corrected chi connectivity index (χ2v) is 3.64. The molecule has 0 aliphatic rings. The van der Waals surface area contributed by atoms with E-state index >= 15 is 0 Å². The number of hydrogen-bond acceptors (Lipinski definition) is 3. The van der Waals surface area contributed by atoms with Crippen LogP contribution in [0, 0.1) is 0 Å². The first-order valence-electron chi connectivity index (χ1n) is 5.23. The van der Waals surface area contributed by atoms with Gasteiger partial charge in [-0.3, -0.25) is 4.68 Å². The molecule has 0 radical (unpaired) electrons. The monoisotopic (exact) mass is 233 g/mol. The van der Waals surface area contributed by atoms with Crippen LogP contribution in [-0.4, -0.2) is 34.0 Å². The summed E-state index contributed by atoms with van der Waals surface area (Å²) in [6.07, 6.45) is -3.47. The highest BCUT2D eigenvalue weighted by Gasteiger charge is 2.15. The molecule has 1 unspecified atom stereocenters. The van der Waals surface area contributed by atoms with E-state index in [0.29, 0.717) is 6.54 Å². The SMILES string of the molecule is CCc1cc(CNCC(O)C(F)F)n(C)n1. The van der Waals surface area contributed by atoms with Crippen LogP contribution in [0.3, 0.4) is 0 Å². The van der Waals surface area contributed by atoms with Gasteiger partial charge in [-0.25, -0.2) is 8.78 Å². The van der Waals surface area contributed by atoms with Gasteiger partial charge in [0.25, 0.3) is 6.43 Å². The minimum atomic E-state index is -2.70. The third-order valence-electron chi connectivity index (χ3n) is 2.34. The van der Waals surface area contributed by atoms with Gasteiger partial charge in [0.15, 0.2) is 0 Å². The summed E-state index contributed by atoms with van der Waals surface area (Å²) in [7, 11) is 1.81. The second-order valence-electron chi connectivity index (χ2n) is 3.64. The fourth-order valence-electron chi connectivity index (χ4n) is 1.35. The number of hydrogen-bond donors (Lipinski definition) is 2. The van der Waals surface area contributed by atoms with Gasteiger partial charge in [-0.15, -0.1) is 0 Å². The summed E-state index contributed by atoms with van der Waals surface area (Å²) in [6, 6.07) is 1.92. The zero-order valence-corrected chi connectivity index (χ0v) is 9.45. The van der Waals surface area contributed by atoms with E-state index in [1.807, 2.05) is 13.0 Å². The lowest BCUT2D eigenvalue weighted by atomic mass is 10.3. The summed E-state index contributed by atoms with van der Waals surface area (Å²) < 4.78 is 25.7. The van der Waals surface area contributed by atoms with Crippen molar-refractivity contribution in [2.75, 3.05) is 6.54 Å². The Morgan fingerprint density at radius 1 is 1.56 bits per heavy atom. The first-order chi connectivity index (χ1) is 7.54. The molecule has 0 aliphatic heterocycles. The first kappa shape index (κ1) is 13.1. The van der Waals surface area contributed by atoms with Gasteiger partial charge in [0.1, 0.15) is 6.10 Å². The van der Waals surface area contributed by atoms with Crippen LogP contribution in [0.4, 0.5) is 8.78 Å². The summed E-state index contributed by atoms with van der Waals surface area (Å²) in [5.41, 5.74) is 1.88. The maximum Gasteiger partial charge on any atom is 0.265 e.